The molecule has 19 heavy (non-hydrogen) atoms. The molecular weight excluding hydrogens is 262 g/mol. The maximum Gasteiger partial charge on any atom is 0.241 e. The Balaban J connectivity index is 2.21. The molecule has 0 unspecified atom stereocenters. The summed E-state index contributed by atoms with van der Waals surface area (Å²) in [5.74, 6) is 0.588. The van der Waals surface area contributed by atoms with Crippen LogP contribution in [-0.2, 0) is 10.0 Å². The third kappa shape index (κ3) is 3.06. The standard InChI is InChI=1S/C13H21N3O2S/c1-3-13(7-5-8-13)16-19(17,18)11-6-9-15-12(10-11)14-4-2/h6,9-10,16H,3-5,7-8H2,1-2H3,(H,14,15). The average Bonchev–Trinajstić information content (AvgIpc) is 2.35. The van der Waals surface area contributed by atoms with E-state index in [2.05, 4.69) is 15.0 Å². The molecule has 0 spiro atoms. The molecule has 1 aromatic heterocycles. The van der Waals surface area contributed by atoms with Gasteiger partial charge in [0.05, 0.1) is 4.90 Å². The van der Waals surface area contributed by atoms with E-state index in [-0.39, 0.29) is 10.4 Å². The fourth-order valence-electron chi connectivity index (χ4n) is 2.33. The van der Waals surface area contributed by atoms with Crippen molar-refractivity contribution in [2.24, 2.45) is 0 Å². The van der Waals surface area contributed by atoms with Crippen molar-refractivity contribution in [1.29, 1.82) is 0 Å². The Labute approximate surface area is 114 Å². The summed E-state index contributed by atoms with van der Waals surface area (Å²) in [4.78, 5) is 4.37. The van der Waals surface area contributed by atoms with Gasteiger partial charge in [0.15, 0.2) is 0 Å². The van der Waals surface area contributed by atoms with Crippen LogP contribution in [-0.4, -0.2) is 25.5 Å². The first-order valence-electron chi connectivity index (χ1n) is 6.75. The van der Waals surface area contributed by atoms with Crippen LogP contribution in [0.2, 0.25) is 0 Å². The number of anilines is 1. The second-order valence-corrected chi connectivity index (χ2v) is 6.68. The van der Waals surface area contributed by atoms with Gasteiger partial charge in [-0.2, -0.15) is 0 Å². The first-order valence-corrected chi connectivity index (χ1v) is 8.23. The van der Waals surface area contributed by atoms with Crippen LogP contribution in [0.1, 0.15) is 39.5 Å². The SMILES string of the molecule is CCNc1cc(S(=O)(=O)NC2(CC)CCC2)ccn1. The normalized spacial score (nSPS) is 17.8. The van der Waals surface area contributed by atoms with Crippen molar-refractivity contribution < 1.29 is 8.42 Å². The topological polar surface area (TPSA) is 71.1 Å². The van der Waals surface area contributed by atoms with E-state index in [0.29, 0.717) is 12.4 Å². The van der Waals surface area contributed by atoms with Gasteiger partial charge in [-0.05, 0) is 38.7 Å². The number of aromatic nitrogens is 1. The molecule has 0 aromatic carbocycles. The van der Waals surface area contributed by atoms with Crippen LogP contribution in [0.15, 0.2) is 23.2 Å². The molecule has 0 bridgehead atoms. The first-order chi connectivity index (χ1) is 9.01. The van der Waals surface area contributed by atoms with Crippen molar-refractivity contribution in [3.8, 4) is 0 Å². The minimum atomic E-state index is -3.46. The van der Waals surface area contributed by atoms with Crippen LogP contribution in [0.4, 0.5) is 5.82 Å². The minimum Gasteiger partial charge on any atom is -0.370 e. The van der Waals surface area contributed by atoms with Crippen molar-refractivity contribution in [2.45, 2.75) is 50.0 Å². The van der Waals surface area contributed by atoms with Crippen LogP contribution >= 0.6 is 0 Å². The van der Waals surface area contributed by atoms with Gasteiger partial charge >= 0.3 is 0 Å². The summed E-state index contributed by atoms with van der Waals surface area (Å²) in [5, 5.41) is 3.02. The van der Waals surface area contributed by atoms with Crippen molar-refractivity contribution in [3.05, 3.63) is 18.3 Å². The molecule has 1 saturated carbocycles. The zero-order valence-electron chi connectivity index (χ0n) is 11.4. The Morgan fingerprint density at radius 1 is 1.37 bits per heavy atom. The van der Waals surface area contributed by atoms with Crippen molar-refractivity contribution in [3.63, 3.8) is 0 Å². The van der Waals surface area contributed by atoms with Gasteiger partial charge in [-0.3, -0.25) is 0 Å². The second-order valence-electron chi connectivity index (χ2n) is 5.00. The van der Waals surface area contributed by atoms with E-state index in [9.17, 15) is 8.42 Å². The van der Waals surface area contributed by atoms with E-state index in [1.807, 2.05) is 13.8 Å². The lowest BCUT2D eigenvalue weighted by Crippen LogP contribution is -2.52. The summed E-state index contributed by atoms with van der Waals surface area (Å²) >= 11 is 0. The zero-order valence-corrected chi connectivity index (χ0v) is 12.3. The van der Waals surface area contributed by atoms with Crippen LogP contribution in [0, 0.1) is 0 Å². The summed E-state index contributed by atoms with van der Waals surface area (Å²) in [6.07, 6.45) is 5.29. The highest BCUT2D eigenvalue weighted by Gasteiger charge is 2.39. The lowest BCUT2D eigenvalue weighted by Gasteiger charge is -2.41. The highest BCUT2D eigenvalue weighted by molar-refractivity contribution is 7.89. The van der Waals surface area contributed by atoms with Gasteiger partial charge in [-0.15, -0.1) is 0 Å². The number of hydrogen-bond donors (Lipinski definition) is 2. The summed E-state index contributed by atoms with van der Waals surface area (Å²) in [6.45, 7) is 4.68. The quantitative estimate of drug-likeness (QED) is 0.839. The predicted octanol–water partition coefficient (Wildman–Crippen LogP) is 2.12. The Kier molecular flexibility index (Phi) is 4.10. The molecule has 0 radical (unpaired) electrons. The molecule has 1 fully saturated rings. The van der Waals surface area contributed by atoms with Gasteiger partial charge in [-0.25, -0.2) is 18.1 Å². The predicted molar refractivity (Wildman–Crippen MR) is 75.6 cm³/mol. The van der Waals surface area contributed by atoms with E-state index >= 15 is 0 Å². The zero-order chi connectivity index (χ0) is 13.9. The Hall–Kier alpha value is -1.14. The fraction of sp³-hybridized carbons (Fsp3) is 0.615. The molecular formula is C13H21N3O2S. The lowest BCUT2D eigenvalue weighted by molar-refractivity contribution is 0.214. The molecule has 0 atom stereocenters. The number of pyridine rings is 1. The monoisotopic (exact) mass is 283 g/mol. The smallest absolute Gasteiger partial charge is 0.241 e. The van der Waals surface area contributed by atoms with Gasteiger partial charge < -0.3 is 5.32 Å². The fourth-order valence-corrected chi connectivity index (χ4v) is 3.87. The Morgan fingerprint density at radius 3 is 2.63 bits per heavy atom. The minimum absolute atomic E-state index is 0.236. The van der Waals surface area contributed by atoms with Crippen LogP contribution < -0.4 is 10.0 Å². The summed E-state index contributed by atoms with van der Waals surface area (Å²) < 4.78 is 27.6. The highest BCUT2D eigenvalue weighted by Crippen LogP contribution is 2.36. The number of nitrogens with one attached hydrogen (secondary N) is 2. The molecule has 5 nitrogen and oxygen atoms in total. The molecule has 0 amide bonds. The second kappa shape index (κ2) is 5.46. The number of nitrogens with zero attached hydrogens (tertiary/aromatic N) is 1. The molecule has 2 rings (SSSR count). The number of sulfonamides is 1. The van der Waals surface area contributed by atoms with Crippen molar-refractivity contribution >= 4 is 15.8 Å². The molecule has 6 heteroatoms. The van der Waals surface area contributed by atoms with Crippen molar-refractivity contribution in [2.75, 3.05) is 11.9 Å². The molecule has 1 aliphatic rings. The molecule has 1 heterocycles. The highest BCUT2D eigenvalue weighted by atomic mass is 32.2. The Bertz CT molecular complexity index is 533. The van der Waals surface area contributed by atoms with E-state index in [1.165, 1.54) is 12.3 Å². The molecule has 2 N–H and O–H groups in total. The number of rotatable bonds is 6. The largest absolute Gasteiger partial charge is 0.370 e. The van der Waals surface area contributed by atoms with Crippen LogP contribution in [0.3, 0.4) is 0 Å². The molecule has 1 aromatic rings. The van der Waals surface area contributed by atoms with Gasteiger partial charge in [0.25, 0.3) is 0 Å². The maximum atomic E-state index is 12.4. The van der Waals surface area contributed by atoms with Crippen molar-refractivity contribution in [1.82, 2.24) is 9.71 Å². The maximum absolute atomic E-state index is 12.4. The van der Waals surface area contributed by atoms with E-state index in [4.69, 9.17) is 0 Å². The molecule has 106 valence electrons. The molecule has 0 saturated heterocycles. The molecule has 0 aliphatic heterocycles. The summed E-state index contributed by atoms with van der Waals surface area (Å²) in [5.41, 5.74) is -0.236. The third-order valence-corrected chi connectivity index (χ3v) is 5.31. The van der Waals surface area contributed by atoms with Gasteiger partial charge in [0, 0.05) is 24.3 Å². The van der Waals surface area contributed by atoms with E-state index in [1.54, 1.807) is 6.07 Å². The van der Waals surface area contributed by atoms with Gasteiger partial charge in [0.2, 0.25) is 10.0 Å². The number of hydrogen-bond acceptors (Lipinski definition) is 4. The molecule has 1 aliphatic carbocycles. The third-order valence-electron chi connectivity index (χ3n) is 3.74. The Morgan fingerprint density at radius 2 is 2.11 bits per heavy atom. The first kappa shape index (κ1) is 14.3. The van der Waals surface area contributed by atoms with E-state index < -0.39 is 10.0 Å². The van der Waals surface area contributed by atoms with Gasteiger partial charge in [-0.1, -0.05) is 6.92 Å². The average molecular weight is 283 g/mol. The lowest BCUT2D eigenvalue weighted by atomic mass is 9.76. The van der Waals surface area contributed by atoms with Crippen LogP contribution in [0.5, 0.6) is 0 Å². The summed E-state index contributed by atoms with van der Waals surface area (Å²) in [6, 6.07) is 3.11. The van der Waals surface area contributed by atoms with Crippen LogP contribution in [0.25, 0.3) is 0 Å². The van der Waals surface area contributed by atoms with Gasteiger partial charge in [0.1, 0.15) is 5.82 Å². The summed E-state index contributed by atoms with van der Waals surface area (Å²) in [7, 11) is -3.46. The van der Waals surface area contributed by atoms with E-state index in [0.717, 1.165) is 25.7 Å².